The van der Waals surface area contributed by atoms with E-state index in [4.69, 9.17) is 5.73 Å². The van der Waals surface area contributed by atoms with Crippen LogP contribution in [0, 0.1) is 12.7 Å². The van der Waals surface area contributed by atoms with E-state index < -0.39 is 5.91 Å². The number of halogens is 1. The van der Waals surface area contributed by atoms with Crippen LogP contribution in [0.5, 0.6) is 0 Å². The summed E-state index contributed by atoms with van der Waals surface area (Å²) in [5.41, 5.74) is 7.93. The molecule has 2 N–H and O–H groups in total. The molecule has 1 heterocycles. The standard InChI is InChI=1S/C21H21FN4O2/c1-15-19(13-24-26(15)18-9-7-17(22)8-10-18)21(28)25(12-11-20(23)27)14-16-5-3-2-4-6-16/h2-10,13H,11-12,14H2,1H3,(H2,23,27). The number of nitrogens with two attached hydrogens (primary N) is 1. The predicted molar refractivity (Wildman–Crippen MR) is 103 cm³/mol. The molecule has 28 heavy (non-hydrogen) atoms. The van der Waals surface area contributed by atoms with Crippen molar-refractivity contribution in [2.45, 2.75) is 19.9 Å². The number of hydrogen-bond donors (Lipinski definition) is 1. The van der Waals surface area contributed by atoms with Gasteiger partial charge in [0, 0.05) is 19.5 Å². The summed E-state index contributed by atoms with van der Waals surface area (Å²) < 4.78 is 14.8. The molecule has 0 fully saturated rings. The lowest BCUT2D eigenvalue weighted by Gasteiger charge is -2.22. The highest BCUT2D eigenvalue weighted by Gasteiger charge is 2.22. The van der Waals surface area contributed by atoms with Crippen molar-refractivity contribution in [3.05, 3.63) is 83.4 Å². The molecule has 0 radical (unpaired) electrons. The zero-order valence-electron chi connectivity index (χ0n) is 15.5. The molecule has 0 saturated carbocycles. The van der Waals surface area contributed by atoms with Gasteiger partial charge in [-0.15, -0.1) is 0 Å². The molecule has 0 aliphatic carbocycles. The van der Waals surface area contributed by atoms with Crippen LogP contribution in [0.4, 0.5) is 4.39 Å². The van der Waals surface area contributed by atoms with Gasteiger partial charge in [0.25, 0.3) is 5.91 Å². The Kier molecular flexibility index (Phi) is 5.84. The van der Waals surface area contributed by atoms with Crippen molar-refractivity contribution in [2.75, 3.05) is 6.54 Å². The third-order valence-electron chi connectivity index (χ3n) is 4.44. The normalized spacial score (nSPS) is 10.6. The summed E-state index contributed by atoms with van der Waals surface area (Å²) in [6.45, 7) is 2.34. The molecule has 1 aromatic heterocycles. The van der Waals surface area contributed by atoms with Crippen LogP contribution in [0.2, 0.25) is 0 Å². The fraction of sp³-hybridized carbons (Fsp3) is 0.190. The van der Waals surface area contributed by atoms with Crippen molar-refractivity contribution >= 4 is 11.8 Å². The molecule has 0 bridgehead atoms. The Bertz CT molecular complexity index is 968. The number of amides is 2. The van der Waals surface area contributed by atoms with Crippen molar-refractivity contribution in [1.29, 1.82) is 0 Å². The summed E-state index contributed by atoms with van der Waals surface area (Å²) >= 11 is 0. The van der Waals surface area contributed by atoms with Gasteiger partial charge >= 0.3 is 0 Å². The average Bonchev–Trinajstić information content (AvgIpc) is 3.07. The van der Waals surface area contributed by atoms with Crippen molar-refractivity contribution in [1.82, 2.24) is 14.7 Å². The van der Waals surface area contributed by atoms with Crippen LogP contribution in [0.1, 0.15) is 28.0 Å². The summed E-state index contributed by atoms with van der Waals surface area (Å²) in [5.74, 6) is -1.05. The fourth-order valence-electron chi connectivity index (χ4n) is 2.93. The van der Waals surface area contributed by atoms with Gasteiger partial charge in [-0.05, 0) is 36.8 Å². The molecule has 2 amide bonds. The topological polar surface area (TPSA) is 81.2 Å². The predicted octanol–water partition coefficient (Wildman–Crippen LogP) is 2.84. The number of hydrogen-bond acceptors (Lipinski definition) is 3. The van der Waals surface area contributed by atoms with E-state index in [9.17, 15) is 14.0 Å². The molecule has 0 aliphatic heterocycles. The van der Waals surface area contributed by atoms with Gasteiger partial charge in [-0.1, -0.05) is 30.3 Å². The van der Waals surface area contributed by atoms with E-state index in [1.807, 2.05) is 30.3 Å². The van der Waals surface area contributed by atoms with Crippen molar-refractivity contribution in [3.63, 3.8) is 0 Å². The van der Waals surface area contributed by atoms with Crippen LogP contribution in [-0.2, 0) is 11.3 Å². The first-order valence-electron chi connectivity index (χ1n) is 8.88. The largest absolute Gasteiger partial charge is 0.370 e. The number of carbonyl (C=O) groups is 2. The fourth-order valence-corrected chi connectivity index (χ4v) is 2.93. The second kappa shape index (κ2) is 8.47. The molecule has 0 unspecified atom stereocenters. The van der Waals surface area contributed by atoms with Crippen LogP contribution in [0.3, 0.4) is 0 Å². The van der Waals surface area contributed by atoms with Crippen molar-refractivity contribution in [3.8, 4) is 5.69 Å². The molecule has 6 nitrogen and oxygen atoms in total. The van der Waals surface area contributed by atoms with E-state index in [0.717, 1.165) is 5.56 Å². The van der Waals surface area contributed by atoms with E-state index in [0.29, 0.717) is 23.5 Å². The van der Waals surface area contributed by atoms with Gasteiger partial charge in [0.1, 0.15) is 5.82 Å². The number of aromatic nitrogens is 2. The first kappa shape index (κ1) is 19.3. The minimum Gasteiger partial charge on any atom is -0.370 e. The number of primary amides is 1. The quantitative estimate of drug-likeness (QED) is 0.684. The van der Waals surface area contributed by atoms with Gasteiger partial charge in [0.2, 0.25) is 5.91 Å². The number of benzene rings is 2. The number of nitrogens with zero attached hydrogens (tertiary/aromatic N) is 3. The van der Waals surface area contributed by atoms with Gasteiger partial charge < -0.3 is 10.6 Å². The van der Waals surface area contributed by atoms with E-state index in [2.05, 4.69) is 5.10 Å². The second-order valence-corrected chi connectivity index (χ2v) is 6.46. The molecular formula is C21H21FN4O2. The van der Waals surface area contributed by atoms with Crippen LogP contribution in [0.25, 0.3) is 5.69 Å². The zero-order chi connectivity index (χ0) is 20.1. The van der Waals surface area contributed by atoms with E-state index in [1.54, 1.807) is 28.6 Å². The smallest absolute Gasteiger partial charge is 0.257 e. The summed E-state index contributed by atoms with van der Waals surface area (Å²) in [5, 5.41) is 4.28. The van der Waals surface area contributed by atoms with E-state index in [1.165, 1.54) is 18.3 Å². The highest BCUT2D eigenvalue weighted by molar-refractivity contribution is 5.95. The van der Waals surface area contributed by atoms with Gasteiger partial charge in [0.05, 0.1) is 23.1 Å². The summed E-state index contributed by atoms with van der Waals surface area (Å²) in [7, 11) is 0. The minimum absolute atomic E-state index is 0.0731. The highest BCUT2D eigenvalue weighted by atomic mass is 19.1. The molecule has 7 heteroatoms. The zero-order valence-corrected chi connectivity index (χ0v) is 15.5. The van der Waals surface area contributed by atoms with Crippen molar-refractivity contribution < 1.29 is 14.0 Å². The second-order valence-electron chi connectivity index (χ2n) is 6.46. The van der Waals surface area contributed by atoms with Crippen LogP contribution < -0.4 is 5.73 Å². The van der Waals surface area contributed by atoms with Gasteiger partial charge in [-0.3, -0.25) is 9.59 Å². The van der Waals surface area contributed by atoms with Gasteiger partial charge in [-0.2, -0.15) is 5.10 Å². The maximum Gasteiger partial charge on any atom is 0.257 e. The molecule has 0 saturated heterocycles. The van der Waals surface area contributed by atoms with Crippen LogP contribution >= 0.6 is 0 Å². The lowest BCUT2D eigenvalue weighted by Crippen LogP contribution is -2.34. The molecule has 3 aromatic rings. The molecule has 144 valence electrons. The highest BCUT2D eigenvalue weighted by Crippen LogP contribution is 2.18. The van der Waals surface area contributed by atoms with E-state index in [-0.39, 0.29) is 24.7 Å². The Hall–Kier alpha value is -3.48. The van der Waals surface area contributed by atoms with Gasteiger partial charge in [-0.25, -0.2) is 9.07 Å². The first-order chi connectivity index (χ1) is 13.5. The van der Waals surface area contributed by atoms with Crippen molar-refractivity contribution in [2.24, 2.45) is 5.73 Å². The summed E-state index contributed by atoms with van der Waals surface area (Å²) in [6, 6.07) is 15.4. The summed E-state index contributed by atoms with van der Waals surface area (Å²) in [4.78, 5) is 26.0. The lowest BCUT2D eigenvalue weighted by molar-refractivity contribution is -0.118. The maximum atomic E-state index is 13.2. The third-order valence-corrected chi connectivity index (χ3v) is 4.44. The lowest BCUT2D eigenvalue weighted by atomic mass is 10.1. The number of rotatable bonds is 7. The molecule has 0 atom stereocenters. The molecule has 2 aromatic carbocycles. The monoisotopic (exact) mass is 380 g/mol. The summed E-state index contributed by atoms with van der Waals surface area (Å²) in [6.07, 6.45) is 1.56. The Morgan fingerprint density at radius 1 is 1.11 bits per heavy atom. The average molecular weight is 380 g/mol. The van der Waals surface area contributed by atoms with E-state index >= 15 is 0 Å². The molecule has 0 aliphatic rings. The Labute approximate surface area is 162 Å². The third kappa shape index (κ3) is 4.43. The molecule has 0 spiro atoms. The molecule has 3 rings (SSSR count). The maximum absolute atomic E-state index is 13.2. The van der Waals surface area contributed by atoms with Crippen LogP contribution in [0.15, 0.2) is 60.8 Å². The minimum atomic E-state index is -0.468. The van der Waals surface area contributed by atoms with Gasteiger partial charge in [0.15, 0.2) is 0 Å². The molecular weight excluding hydrogens is 359 g/mol. The SMILES string of the molecule is Cc1c(C(=O)N(CCC(N)=O)Cc2ccccc2)cnn1-c1ccc(F)cc1. The number of carbonyl (C=O) groups excluding carboxylic acids is 2. The van der Waals surface area contributed by atoms with Crippen LogP contribution in [-0.4, -0.2) is 33.0 Å². The first-order valence-corrected chi connectivity index (χ1v) is 8.88. The Morgan fingerprint density at radius 3 is 2.43 bits per heavy atom. The Morgan fingerprint density at radius 2 is 1.79 bits per heavy atom. The Balaban J connectivity index is 1.87.